The summed E-state index contributed by atoms with van der Waals surface area (Å²) in [6.45, 7) is 8.60. The molecule has 0 N–H and O–H groups in total. The normalized spacial score (nSPS) is 13.4. The van der Waals surface area contributed by atoms with Crippen molar-refractivity contribution in [2.75, 3.05) is 20.6 Å². The first-order valence-electron chi connectivity index (χ1n) is 5.24. The minimum absolute atomic E-state index is 0.594. The van der Waals surface area contributed by atoms with E-state index in [1.165, 1.54) is 6.42 Å². The Morgan fingerprint density at radius 2 is 1.93 bits per heavy atom. The van der Waals surface area contributed by atoms with E-state index in [4.69, 9.17) is 0 Å². The summed E-state index contributed by atoms with van der Waals surface area (Å²) in [5.41, 5.74) is 0. The van der Waals surface area contributed by atoms with Crippen molar-refractivity contribution < 1.29 is 0 Å². The number of hydrogen-bond acceptors (Lipinski definition) is 1. The number of rotatable bonds is 8. The maximum absolute atomic E-state index is 3.83. The van der Waals surface area contributed by atoms with E-state index < -0.39 is 0 Å². The first-order chi connectivity index (χ1) is 6.70. The third kappa shape index (κ3) is 7.81. The molecule has 0 aliphatic carbocycles. The fourth-order valence-corrected chi connectivity index (χ4v) is 1.26. The molecule has 0 spiro atoms. The summed E-state index contributed by atoms with van der Waals surface area (Å²) in [4.78, 5) is 2.16. The standard InChI is InChI=1S/C13H23N/c1-5-10-13(6-2)11-8-7-9-12-14(3)4/h5-7,9,13H,1-2,8,10-12H2,3-4H3/b9-7+. The molecule has 1 heteroatoms. The average Bonchev–Trinajstić information content (AvgIpc) is 2.15. The average molecular weight is 193 g/mol. The van der Waals surface area contributed by atoms with Crippen molar-refractivity contribution in [2.45, 2.75) is 19.3 Å². The van der Waals surface area contributed by atoms with Crippen LogP contribution in [-0.2, 0) is 0 Å². The first-order valence-corrected chi connectivity index (χ1v) is 5.24. The van der Waals surface area contributed by atoms with Crippen LogP contribution in [0.2, 0.25) is 0 Å². The molecule has 1 nitrogen and oxygen atoms in total. The maximum atomic E-state index is 3.83. The van der Waals surface area contributed by atoms with Crippen molar-refractivity contribution >= 4 is 0 Å². The van der Waals surface area contributed by atoms with E-state index >= 15 is 0 Å². The van der Waals surface area contributed by atoms with Crippen molar-refractivity contribution in [2.24, 2.45) is 5.92 Å². The maximum Gasteiger partial charge on any atom is 0.0157 e. The highest BCUT2D eigenvalue weighted by molar-refractivity contribution is 4.89. The quantitative estimate of drug-likeness (QED) is 0.535. The lowest BCUT2D eigenvalue weighted by atomic mass is 10.00. The Kier molecular flexibility index (Phi) is 8.25. The largest absolute Gasteiger partial charge is 0.306 e. The minimum Gasteiger partial charge on any atom is -0.306 e. The third-order valence-electron chi connectivity index (χ3n) is 2.14. The van der Waals surface area contributed by atoms with Crippen LogP contribution in [0.3, 0.4) is 0 Å². The van der Waals surface area contributed by atoms with Crippen LogP contribution in [0.25, 0.3) is 0 Å². The van der Waals surface area contributed by atoms with Gasteiger partial charge in [-0.1, -0.05) is 24.3 Å². The molecule has 0 saturated carbocycles. The second-order valence-electron chi connectivity index (χ2n) is 3.83. The summed E-state index contributed by atoms with van der Waals surface area (Å²) in [6, 6.07) is 0. The van der Waals surface area contributed by atoms with Gasteiger partial charge in [-0.2, -0.15) is 0 Å². The molecule has 0 radical (unpaired) electrons. The molecule has 0 rings (SSSR count). The summed E-state index contributed by atoms with van der Waals surface area (Å²) in [6.07, 6.45) is 11.8. The zero-order valence-corrected chi connectivity index (χ0v) is 9.58. The van der Waals surface area contributed by atoms with Gasteiger partial charge in [-0.05, 0) is 39.3 Å². The molecule has 0 heterocycles. The van der Waals surface area contributed by atoms with Crippen molar-refractivity contribution in [3.05, 3.63) is 37.5 Å². The Bertz CT molecular complexity index is 180. The van der Waals surface area contributed by atoms with E-state index in [1.807, 2.05) is 12.2 Å². The van der Waals surface area contributed by atoms with Crippen molar-refractivity contribution in [1.82, 2.24) is 4.90 Å². The molecule has 80 valence electrons. The molecule has 0 bridgehead atoms. The first kappa shape index (κ1) is 13.2. The van der Waals surface area contributed by atoms with Gasteiger partial charge in [-0.25, -0.2) is 0 Å². The molecular weight excluding hydrogens is 170 g/mol. The highest BCUT2D eigenvalue weighted by Gasteiger charge is 1.98. The molecule has 0 aromatic heterocycles. The third-order valence-corrected chi connectivity index (χ3v) is 2.14. The van der Waals surface area contributed by atoms with E-state index in [-0.39, 0.29) is 0 Å². The van der Waals surface area contributed by atoms with Gasteiger partial charge in [0.05, 0.1) is 0 Å². The highest BCUT2D eigenvalue weighted by Crippen LogP contribution is 2.12. The summed E-state index contributed by atoms with van der Waals surface area (Å²) >= 11 is 0. The van der Waals surface area contributed by atoms with Gasteiger partial charge in [0.15, 0.2) is 0 Å². The monoisotopic (exact) mass is 193 g/mol. The van der Waals surface area contributed by atoms with Gasteiger partial charge in [0, 0.05) is 6.54 Å². The smallest absolute Gasteiger partial charge is 0.0157 e. The molecule has 0 aliphatic heterocycles. The van der Waals surface area contributed by atoms with Crippen LogP contribution >= 0.6 is 0 Å². The Labute approximate surface area is 88.8 Å². The lowest BCUT2D eigenvalue weighted by Gasteiger charge is -2.07. The molecule has 0 saturated heterocycles. The predicted octanol–water partition coefficient (Wildman–Crippen LogP) is 3.26. The molecule has 0 aromatic rings. The molecule has 1 atom stereocenters. The van der Waals surface area contributed by atoms with Crippen LogP contribution in [0, 0.1) is 5.92 Å². The van der Waals surface area contributed by atoms with Gasteiger partial charge in [-0.15, -0.1) is 13.2 Å². The second kappa shape index (κ2) is 8.76. The van der Waals surface area contributed by atoms with Crippen LogP contribution in [0.5, 0.6) is 0 Å². The molecule has 0 aromatic carbocycles. The fourth-order valence-electron chi connectivity index (χ4n) is 1.26. The Morgan fingerprint density at radius 1 is 1.21 bits per heavy atom. The van der Waals surface area contributed by atoms with E-state index in [2.05, 4.69) is 44.3 Å². The van der Waals surface area contributed by atoms with Gasteiger partial charge in [-0.3, -0.25) is 0 Å². The minimum atomic E-state index is 0.594. The van der Waals surface area contributed by atoms with E-state index in [0.29, 0.717) is 5.92 Å². The van der Waals surface area contributed by atoms with Crippen LogP contribution in [0.1, 0.15) is 19.3 Å². The topological polar surface area (TPSA) is 3.24 Å². The number of likely N-dealkylation sites (N-methyl/N-ethyl adjacent to an activating group) is 1. The molecular formula is C13H23N. The Hall–Kier alpha value is -0.820. The highest BCUT2D eigenvalue weighted by atomic mass is 15.0. The van der Waals surface area contributed by atoms with Gasteiger partial charge in [0.1, 0.15) is 0 Å². The van der Waals surface area contributed by atoms with Crippen molar-refractivity contribution in [3.8, 4) is 0 Å². The molecule has 14 heavy (non-hydrogen) atoms. The van der Waals surface area contributed by atoms with E-state index in [1.54, 1.807) is 0 Å². The molecule has 0 amide bonds. The molecule has 0 aliphatic rings. The molecule has 0 fully saturated rings. The van der Waals surface area contributed by atoms with Gasteiger partial charge in [0.25, 0.3) is 0 Å². The zero-order valence-electron chi connectivity index (χ0n) is 9.58. The zero-order chi connectivity index (χ0) is 10.8. The number of hydrogen-bond donors (Lipinski definition) is 0. The van der Waals surface area contributed by atoms with Crippen LogP contribution in [0.15, 0.2) is 37.5 Å². The van der Waals surface area contributed by atoms with E-state index in [9.17, 15) is 0 Å². The molecule has 1 unspecified atom stereocenters. The van der Waals surface area contributed by atoms with Crippen LogP contribution < -0.4 is 0 Å². The lowest BCUT2D eigenvalue weighted by molar-refractivity contribution is 0.455. The van der Waals surface area contributed by atoms with Crippen LogP contribution in [0.4, 0.5) is 0 Å². The van der Waals surface area contributed by atoms with Crippen molar-refractivity contribution in [3.63, 3.8) is 0 Å². The summed E-state index contributed by atoms with van der Waals surface area (Å²) < 4.78 is 0. The Balaban J connectivity index is 3.54. The SMILES string of the molecule is C=CCC(C=C)CC/C=C/CN(C)C. The van der Waals surface area contributed by atoms with E-state index in [0.717, 1.165) is 19.4 Å². The summed E-state index contributed by atoms with van der Waals surface area (Å²) in [5.74, 6) is 0.594. The van der Waals surface area contributed by atoms with Crippen molar-refractivity contribution in [1.29, 1.82) is 0 Å². The number of allylic oxidation sites excluding steroid dienone is 3. The summed E-state index contributed by atoms with van der Waals surface area (Å²) in [5, 5.41) is 0. The predicted molar refractivity (Wildman–Crippen MR) is 65.4 cm³/mol. The number of nitrogens with zero attached hydrogens (tertiary/aromatic N) is 1. The Morgan fingerprint density at radius 3 is 2.43 bits per heavy atom. The van der Waals surface area contributed by atoms with Gasteiger partial charge < -0.3 is 4.90 Å². The second-order valence-corrected chi connectivity index (χ2v) is 3.83. The fraction of sp³-hybridized carbons (Fsp3) is 0.538. The lowest BCUT2D eigenvalue weighted by Crippen LogP contribution is -2.10. The summed E-state index contributed by atoms with van der Waals surface area (Å²) in [7, 11) is 4.16. The van der Waals surface area contributed by atoms with Gasteiger partial charge in [0.2, 0.25) is 0 Å². The van der Waals surface area contributed by atoms with Crippen LogP contribution in [-0.4, -0.2) is 25.5 Å². The van der Waals surface area contributed by atoms with Gasteiger partial charge >= 0.3 is 0 Å².